The zero-order valence-corrected chi connectivity index (χ0v) is 17.1. The molecular formula is C25H28N2O3. The maximum absolute atomic E-state index is 10.4. The molecule has 1 unspecified atom stereocenters. The van der Waals surface area contributed by atoms with Crippen LogP contribution in [0.3, 0.4) is 0 Å². The maximum Gasteiger partial charge on any atom is 0.131 e. The molecule has 4 rings (SSSR count). The number of piperazine rings is 1. The van der Waals surface area contributed by atoms with Crippen molar-refractivity contribution in [1.29, 1.82) is 0 Å². The van der Waals surface area contributed by atoms with E-state index in [1.807, 2.05) is 60.7 Å². The predicted molar refractivity (Wildman–Crippen MR) is 120 cm³/mol. The third-order valence-corrected chi connectivity index (χ3v) is 5.19. The average Bonchev–Trinajstić information content (AvgIpc) is 2.80. The van der Waals surface area contributed by atoms with Crippen molar-refractivity contribution in [2.24, 2.45) is 0 Å². The van der Waals surface area contributed by atoms with E-state index in [9.17, 15) is 5.11 Å². The molecule has 1 aliphatic rings. The molecule has 1 heterocycles. The molecular weight excluding hydrogens is 376 g/mol. The number of benzene rings is 3. The van der Waals surface area contributed by atoms with Crippen LogP contribution in [-0.2, 0) is 0 Å². The van der Waals surface area contributed by atoms with Gasteiger partial charge in [-0.3, -0.25) is 4.90 Å². The molecule has 0 amide bonds. The van der Waals surface area contributed by atoms with E-state index in [0.29, 0.717) is 18.0 Å². The molecule has 0 aromatic heterocycles. The maximum atomic E-state index is 10.4. The molecule has 5 heteroatoms. The van der Waals surface area contributed by atoms with E-state index in [4.69, 9.17) is 9.47 Å². The highest BCUT2D eigenvalue weighted by Crippen LogP contribution is 2.25. The van der Waals surface area contributed by atoms with Gasteiger partial charge in [0, 0.05) is 44.5 Å². The summed E-state index contributed by atoms with van der Waals surface area (Å²) in [4.78, 5) is 4.68. The molecule has 0 saturated carbocycles. The highest BCUT2D eigenvalue weighted by atomic mass is 16.5. The first-order chi connectivity index (χ1) is 14.8. The number of ether oxygens (including phenoxy) is 2. The first-order valence-corrected chi connectivity index (χ1v) is 10.4. The Morgan fingerprint density at radius 3 is 2.10 bits per heavy atom. The van der Waals surface area contributed by atoms with E-state index in [1.54, 1.807) is 0 Å². The minimum atomic E-state index is -0.535. The number of aliphatic hydroxyl groups excluding tert-OH is 1. The highest BCUT2D eigenvalue weighted by molar-refractivity contribution is 5.46. The summed E-state index contributed by atoms with van der Waals surface area (Å²) in [5, 5.41) is 10.4. The van der Waals surface area contributed by atoms with E-state index >= 15 is 0 Å². The summed E-state index contributed by atoms with van der Waals surface area (Å²) in [6.07, 6.45) is -0.535. The van der Waals surface area contributed by atoms with Crippen molar-refractivity contribution in [1.82, 2.24) is 4.90 Å². The van der Waals surface area contributed by atoms with Crippen molar-refractivity contribution in [2.75, 3.05) is 44.2 Å². The van der Waals surface area contributed by atoms with E-state index in [1.165, 1.54) is 5.69 Å². The number of anilines is 1. The van der Waals surface area contributed by atoms with Gasteiger partial charge in [0.1, 0.15) is 30.0 Å². The quantitative estimate of drug-likeness (QED) is 0.614. The normalized spacial score (nSPS) is 15.6. The van der Waals surface area contributed by atoms with Crippen molar-refractivity contribution in [3.8, 4) is 17.2 Å². The smallest absolute Gasteiger partial charge is 0.131 e. The first-order valence-electron chi connectivity index (χ1n) is 10.4. The minimum absolute atomic E-state index is 0.258. The molecule has 1 atom stereocenters. The predicted octanol–water partition coefficient (Wildman–Crippen LogP) is 4.04. The molecule has 3 aromatic carbocycles. The monoisotopic (exact) mass is 404 g/mol. The summed E-state index contributed by atoms with van der Waals surface area (Å²) in [5.41, 5.74) is 1.26. The van der Waals surface area contributed by atoms with Crippen LogP contribution in [0.1, 0.15) is 0 Å². The molecule has 1 aliphatic heterocycles. The fraction of sp³-hybridized carbons (Fsp3) is 0.280. The number of hydrogen-bond acceptors (Lipinski definition) is 5. The van der Waals surface area contributed by atoms with E-state index < -0.39 is 6.10 Å². The molecule has 1 N–H and O–H groups in total. The van der Waals surface area contributed by atoms with Crippen LogP contribution in [0.15, 0.2) is 84.9 Å². The van der Waals surface area contributed by atoms with Crippen LogP contribution < -0.4 is 14.4 Å². The second-order valence-corrected chi connectivity index (χ2v) is 7.48. The molecule has 156 valence electrons. The summed E-state index contributed by atoms with van der Waals surface area (Å²) < 4.78 is 11.6. The molecule has 3 aromatic rings. The van der Waals surface area contributed by atoms with Crippen LogP contribution in [0.4, 0.5) is 5.69 Å². The fourth-order valence-corrected chi connectivity index (χ4v) is 3.62. The Morgan fingerprint density at radius 2 is 1.37 bits per heavy atom. The third-order valence-electron chi connectivity index (χ3n) is 5.19. The van der Waals surface area contributed by atoms with Gasteiger partial charge in [0.2, 0.25) is 0 Å². The van der Waals surface area contributed by atoms with Gasteiger partial charge in [-0.25, -0.2) is 0 Å². The molecule has 0 radical (unpaired) electrons. The second kappa shape index (κ2) is 10.1. The van der Waals surface area contributed by atoms with Crippen molar-refractivity contribution in [3.63, 3.8) is 0 Å². The first kappa shape index (κ1) is 20.3. The Bertz CT molecular complexity index is 897. The SMILES string of the molecule is OC(COc1cccc(Oc2ccccc2)c1)CN1CCN(c2ccccc2)CC1. The van der Waals surface area contributed by atoms with Crippen LogP contribution in [0.25, 0.3) is 0 Å². The van der Waals surface area contributed by atoms with E-state index in [2.05, 4.69) is 34.1 Å². The topological polar surface area (TPSA) is 45.2 Å². The summed E-state index contributed by atoms with van der Waals surface area (Å²) >= 11 is 0. The summed E-state index contributed by atoms with van der Waals surface area (Å²) in [5.74, 6) is 2.19. The number of rotatable bonds is 8. The molecule has 0 aliphatic carbocycles. The third kappa shape index (κ3) is 5.75. The number of para-hydroxylation sites is 2. The lowest BCUT2D eigenvalue weighted by Gasteiger charge is -2.36. The standard InChI is InChI=1S/C25H28N2O3/c28-22(19-26-14-16-27(17-15-26)21-8-3-1-4-9-21)20-29-24-12-7-13-25(18-24)30-23-10-5-2-6-11-23/h1-13,18,22,28H,14-17,19-20H2. The van der Waals surface area contributed by atoms with Gasteiger partial charge in [-0.15, -0.1) is 0 Å². The molecule has 30 heavy (non-hydrogen) atoms. The van der Waals surface area contributed by atoms with Crippen LogP contribution in [0, 0.1) is 0 Å². The Hall–Kier alpha value is -3.02. The summed E-state index contributed by atoms with van der Waals surface area (Å²) in [6, 6.07) is 27.6. The van der Waals surface area contributed by atoms with Gasteiger partial charge in [-0.05, 0) is 36.4 Å². The minimum Gasteiger partial charge on any atom is -0.491 e. The Kier molecular flexibility index (Phi) is 6.85. The Labute approximate surface area is 178 Å². The van der Waals surface area contributed by atoms with Crippen LogP contribution in [0.5, 0.6) is 17.2 Å². The zero-order valence-electron chi connectivity index (χ0n) is 17.1. The second-order valence-electron chi connectivity index (χ2n) is 7.48. The van der Waals surface area contributed by atoms with Gasteiger partial charge in [0.15, 0.2) is 0 Å². The Balaban J connectivity index is 1.22. The molecule has 1 fully saturated rings. The van der Waals surface area contributed by atoms with Crippen molar-refractivity contribution in [2.45, 2.75) is 6.10 Å². The number of aliphatic hydroxyl groups is 1. The molecule has 5 nitrogen and oxygen atoms in total. The van der Waals surface area contributed by atoms with Gasteiger partial charge in [0.25, 0.3) is 0 Å². The van der Waals surface area contributed by atoms with Crippen molar-refractivity contribution in [3.05, 3.63) is 84.9 Å². The fourth-order valence-electron chi connectivity index (χ4n) is 3.62. The van der Waals surface area contributed by atoms with Gasteiger partial charge < -0.3 is 19.5 Å². The van der Waals surface area contributed by atoms with Crippen LogP contribution >= 0.6 is 0 Å². The van der Waals surface area contributed by atoms with Gasteiger partial charge in [-0.2, -0.15) is 0 Å². The van der Waals surface area contributed by atoms with Crippen LogP contribution in [-0.4, -0.2) is 55.4 Å². The lowest BCUT2D eigenvalue weighted by Crippen LogP contribution is -2.49. The Morgan fingerprint density at radius 1 is 0.733 bits per heavy atom. The number of hydrogen-bond donors (Lipinski definition) is 1. The van der Waals surface area contributed by atoms with Crippen molar-refractivity contribution < 1.29 is 14.6 Å². The highest BCUT2D eigenvalue weighted by Gasteiger charge is 2.19. The molecule has 0 spiro atoms. The molecule has 1 saturated heterocycles. The lowest BCUT2D eigenvalue weighted by molar-refractivity contribution is 0.0662. The molecule has 0 bridgehead atoms. The zero-order chi connectivity index (χ0) is 20.6. The van der Waals surface area contributed by atoms with Crippen LogP contribution in [0.2, 0.25) is 0 Å². The largest absolute Gasteiger partial charge is 0.491 e. The average molecular weight is 405 g/mol. The van der Waals surface area contributed by atoms with Gasteiger partial charge in [0.05, 0.1) is 0 Å². The van der Waals surface area contributed by atoms with Crippen molar-refractivity contribution >= 4 is 5.69 Å². The van der Waals surface area contributed by atoms with E-state index in [0.717, 1.165) is 31.9 Å². The summed E-state index contributed by atoms with van der Waals surface area (Å²) in [6.45, 7) is 4.68. The summed E-state index contributed by atoms with van der Waals surface area (Å²) in [7, 11) is 0. The van der Waals surface area contributed by atoms with Gasteiger partial charge in [-0.1, -0.05) is 42.5 Å². The van der Waals surface area contributed by atoms with E-state index in [-0.39, 0.29) is 6.61 Å². The van der Waals surface area contributed by atoms with Gasteiger partial charge >= 0.3 is 0 Å². The lowest BCUT2D eigenvalue weighted by atomic mass is 10.2. The number of nitrogens with zero attached hydrogens (tertiary/aromatic N) is 2. The number of β-amino-alcohol motifs (C(OH)–C–C–N with tert-alkyl or cyclic N) is 1.